The molecule has 236 valence electrons. The molecule has 6 rings (SSSR count). The Bertz CT molecular complexity index is 1740. The summed E-state index contributed by atoms with van der Waals surface area (Å²) in [6.07, 6.45) is 12.1. The third kappa shape index (κ3) is 7.73. The molecular weight excluding hydrogens is 613 g/mol. The molecule has 0 amide bonds. The smallest absolute Gasteiger partial charge is 0.180 e. The predicted molar refractivity (Wildman–Crippen MR) is 175 cm³/mol. The Balaban J connectivity index is 1.07. The number of hydrogen-bond acceptors (Lipinski definition) is 6. The standard InChI is InChI=1S/C35H37ClFN3O4S/c36-31-23-28(6-9-32(31)37)35-34(27-10-15-38-16-11-27)30(24-39-35)26-13-18-40(19-14-26)17-12-25-4-7-29(8-5-25)45(41,42)22-21-44-33-3-1-2-20-43-33/h4-11,13,15-16,23-24,33,39H,1-3,12,14,17-22H2. The number of H-pyrrole nitrogens is 1. The van der Waals surface area contributed by atoms with Gasteiger partial charge in [-0.05, 0) is 91.3 Å². The second kappa shape index (κ2) is 14.4. The molecule has 2 aliphatic rings. The number of sulfone groups is 1. The second-order valence-electron chi connectivity index (χ2n) is 11.5. The number of nitrogens with zero attached hydrogens (tertiary/aromatic N) is 2. The maximum absolute atomic E-state index is 13.9. The van der Waals surface area contributed by atoms with E-state index in [4.69, 9.17) is 21.1 Å². The lowest BCUT2D eigenvalue weighted by Gasteiger charge is -2.26. The van der Waals surface area contributed by atoms with Crippen molar-refractivity contribution >= 4 is 27.0 Å². The van der Waals surface area contributed by atoms with Crippen molar-refractivity contribution in [1.82, 2.24) is 14.9 Å². The summed E-state index contributed by atoms with van der Waals surface area (Å²) in [5.74, 6) is -0.502. The van der Waals surface area contributed by atoms with Crippen molar-refractivity contribution in [2.45, 2.75) is 43.3 Å². The zero-order valence-corrected chi connectivity index (χ0v) is 26.6. The van der Waals surface area contributed by atoms with Gasteiger partial charge in [0.25, 0.3) is 0 Å². The number of benzene rings is 2. The summed E-state index contributed by atoms with van der Waals surface area (Å²) in [6, 6.07) is 16.0. The first-order valence-electron chi connectivity index (χ1n) is 15.4. The van der Waals surface area contributed by atoms with Gasteiger partial charge < -0.3 is 14.5 Å². The van der Waals surface area contributed by atoms with Gasteiger partial charge in [0.15, 0.2) is 16.1 Å². The highest BCUT2D eigenvalue weighted by Crippen LogP contribution is 2.40. The van der Waals surface area contributed by atoms with Crippen LogP contribution in [0.25, 0.3) is 28.0 Å². The van der Waals surface area contributed by atoms with Crippen molar-refractivity contribution in [2.24, 2.45) is 0 Å². The molecule has 4 aromatic rings. The molecule has 2 aliphatic heterocycles. The first kappa shape index (κ1) is 31.6. The molecule has 0 spiro atoms. The van der Waals surface area contributed by atoms with E-state index in [1.165, 1.54) is 11.6 Å². The molecule has 0 saturated carbocycles. The zero-order valence-electron chi connectivity index (χ0n) is 25.1. The van der Waals surface area contributed by atoms with Gasteiger partial charge in [0.2, 0.25) is 0 Å². The van der Waals surface area contributed by atoms with E-state index in [1.807, 2.05) is 30.5 Å². The number of ether oxygens (including phenoxy) is 2. The molecule has 0 aliphatic carbocycles. The van der Waals surface area contributed by atoms with Gasteiger partial charge in [0.1, 0.15) is 5.82 Å². The molecule has 1 atom stereocenters. The molecule has 0 radical (unpaired) electrons. The Morgan fingerprint density at radius 3 is 2.60 bits per heavy atom. The molecule has 1 fully saturated rings. The molecule has 10 heteroatoms. The topological polar surface area (TPSA) is 84.5 Å². The third-order valence-electron chi connectivity index (χ3n) is 8.49. The van der Waals surface area contributed by atoms with Gasteiger partial charge in [-0.15, -0.1) is 0 Å². The Kier molecular flexibility index (Phi) is 10.1. The van der Waals surface area contributed by atoms with Crippen molar-refractivity contribution in [3.63, 3.8) is 0 Å². The molecule has 1 N–H and O–H groups in total. The van der Waals surface area contributed by atoms with E-state index in [1.54, 1.807) is 36.7 Å². The van der Waals surface area contributed by atoms with E-state index in [0.717, 1.165) is 85.2 Å². The van der Waals surface area contributed by atoms with E-state index in [-0.39, 0.29) is 23.7 Å². The van der Waals surface area contributed by atoms with Gasteiger partial charge in [-0.1, -0.05) is 29.8 Å². The number of pyridine rings is 1. The van der Waals surface area contributed by atoms with Crippen LogP contribution in [0.4, 0.5) is 4.39 Å². The van der Waals surface area contributed by atoms with E-state index in [9.17, 15) is 12.8 Å². The summed E-state index contributed by atoms with van der Waals surface area (Å²) in [6.45, 7) is 3.39. The number of aromatic amines is 1. The van der Waals surface area contributed by atoms with E-state index in [0.29, 0.717) is 11.5 Å². The molecular formula is C35H37ClFN3O4S. The van der Waals surface area contributed by atoms with Gasteiger partial charge >= 0.3 is 0 Å². The highest BCUT2D eigenvalue weighted by molar-refractivity contribution is 7.91. The highest BCUT2D eigenvalue weighted by Gasteiger charge is 2.22. The Morgan fingerprint density at radius 2 is 1.89 bits per heavy atom. The molecule has 1 unspecified atom stereocenters. The van der Waals surface area contributed by atoms with Crippen molar-refractivity contribution < 1.29 is 22.3 Å². The molecule has 4 heterocycles. The number of nitrogens with one attached hydrogen (secondary N) is 1. The third-order valence-corrected chi connectivity index (χ3v) is 10.5. The summed E-state index contributed by atoms with van der Waals surface area (Å²) in [4.78, 5) is 10.3. The molecule has 7 nitrogen and oxygen atoms in total. The van der Waals surface area contributed by atoms with Crippen molar-refractivity contribution in [1.29, 1.82) is 0 Å². The van der Waals surface area contributed by atoms with Crippen molar-refractivity contribution in [2.75, 3.05) is 38.6 Å². The maximum Gasteiger partial charge on any atom is 0.180 e. The lowest BCUT2D eigenvalue weighted by Crippen LogP contribution is -2.30. The number of halogens is 2. The highest BCUT2D eigenvalue weighted by atomic mass is 35.5. The maximum atomic E-state index is 13.9. The molecule has 2 aromatic carbocycles. The van der Waals surface area contributed by atoms with Crippen LogP contribution in [0.5, 0.6) is 0 Å². The van der Waals surface area contributed by atoms with Crippen LogP contribution in [0, 0.1) is 5.82 Å². The summed E-state index contributed by atoms with van der Waals surface area (Å²) in [5, 5.41) is 0.0862. The average molecular weight is 650 g/mol. The van der Waals surface area contributed by atoms with Crippen LogP contribution in [-0.2, 0) is 25.7 Å². The first-order valence-corrected chi connectivity index (χ1v) is 17.4. The fraction of sp³-hybridized carbons (Fsp3) is 0.343. The monoisotopic (exact) mass is 649 g/mol. The molecule has 45 heavy (non-hydrogen) atoms. The Morgan fingerprint density at radius 1 is 1.07 bits per heavy atom. The van der Waals surface area contributed by atoms with Gasteiger partial charge in [-0.25, -0.2) is 12.8 Å². The van der Waals surface area contributed by atoms with Crippen LogP contribution in [0.3, 0.4) is 0 Å². The normalized spacial score (nSPS) is 17.7. The minimum absolute atomic E-state index is 0.0577. The largest absolute Gasteiger partial charge is 0.360 e. The minimum Gasteiger partial charge on any atom is -0.360 e. The Labute approximate surface area is 269 Å². The predicted octanol–water partition coefficient (Wildman–Crippen LogP) is 7.18. The van der Waals surface area contributed by atoms with Crippen LogP contribution in [0.1, 0.15) is 36.8 Å². The quantitative estimate of drug-likeness (QED) is 0.185. The summed E-state index contributed by atoms with van der Waals surface area (Å²) in [7, 11) is -3.42. The van der Waals surface area contributed by atoms with Crippen molar-refractivity contribution in [3.8, 4) is 22.4 Å². The van der Waals surface area contributed by atoms with Crippen LogP contribution < -0.4 is 0 Å². The number of hydrogen-bond donors (Lipinski definition) is 1. The lowest BCUT2D eigenvalue weighted by atomic mass is 9.92. The van der Waals surface area contributed by atoms with E-state index < -0.39 is 15.7 Å². The number of aromatic nitrogens is 2. The van der Waals surface area contributed by atoms with Gasteiger partial charge in [0.05, 0.1) is 28.0 Å². The van der Waals surface area contributed by atoms with Crippen LogP contribution in [0.2, 0.25) is 5.02 Å². The van der Waals surface area contributed by atoms with E-state index >= 15 is 0 Å². The fourth-order valence-electron chi connectivity index (χ4n) is 5.93. The second-order valence-corrected chi connectivity index (χ2v) is 14.0. The van der Waals surface area contributed by atoms with Crippen LogP contribution in [0.15, 0.2) is 84.2 Å². The minimum atomic E-state index is -3.42. The van der Waals surface area contributed by atoms with E-state index in [2.05, 4.69) is 20.9 Å². The molecule has 1 saturated heterocycles. The summed E-state index contributed by atoms with van der Waals surface area (Å²) in [5.41, 5.74) is 7.24. The van der Waals surface area contributed by atoms with Gasteiger partial charge in [0, 0.05) is 61.5 Å². The summed E-state index contributed by atoms with van der Waals surface area (Å²) < 4.78 is 50.7. The zero-order chi connectivity index (χ0) is 31.2. The molecule has 2 aromatic heterocycles. The molecule has 0 bridgehead atoms. The lowest BCUT2D eigenvalue weighted by molar-refractivity contribution is -0.158. The SMILES string of the molecule is O=S(=O)(CCOC1CCCCO1)c1ccc(CCN2CC=C(c3c[nH]c(-c4ccc(F)c(Cl)c4)c3-c3ccncc3)CC2)cc1. The van der Waals surface area contributed by atoms with Crippen molar-refractivity contribution in [3.05, 3.63) is 101 Å². The average Bonchev–Trinajstić information content (AvgIpc) is 3.52. The van der Waals surface area contributed by atoms with Gasteiger partial charge in [-0.3, -0.25) is 9.88 Å². The fourth-order valence-corrected chi connectivity index (χ4v) is 7.22. The van der Waals surface area contributed by atoms with Crippen LogP contribution >= 0.6 is 11.6 Å². The Hall–Kier alpha value is -3.34. The van der Waals surface area contributed by atoms with Gasteiger partial charge in [-0.2, -0.15) is 0 Å². The first-order chi connectivity index (χ1) is 21.9. The van der Waals surface area contributed by atoms with Crippen LogP contribution in [-0.4, -0.2) is 68.2 Å². The number of rotatable bonds is 11. The summed E-state index contributed by atoms with van der Waals surface area (Å²) >= 11 is 6.13.